The van der Waals surface area contributed by atoms with Crippen molar-refractivity contribution in [2.45, 2.75) is 32.6 Å². The molecule has 0 spiro atoms. The zero-order valence-corrected chi connectivity index (χ0v) is 13.8. The monoisotopic (exact) mass is 382 g/mol. The van der Waals surface area contributed by atoms with E-state index in [2.05, 4.69) is 40.0 Å². The second-order valence-corrected chi connectivity index (χ2v) is 7.25. The molecule has 20 heavy (non-hydrogen) atoms. The molecule has 1 aromatic carbocycles. The number of rotatable bonds is 3. The van der Waals surface area contributed by atoms with Gasteiger partial charge in [0.1, 0.15) is 0 Å². The van der Waals surface area contributed by atoms with Crippen LogP contribution in [0, 0.1) is 20.8 Å². The molecule has 0 aliphatic heterocycles. The van der Waals surface area contributed by atoms with Crippen molar-refractivity contribution in [3.8, 4) is 0 Å². The van der Waals surface area contributed by atoms with Crippen LogP contribution in [0.1, 0.15) is 38.2 Å². The highest BCUT2D eigenvalue weighted by atomic mass is 127. The first-order chi connectivity index (χ1) is 9.63. The van der Waals surface area contributed by atoms with Crippen LogP contribution >= 0.6 is 22.6 Å². The van der Waals surface area contributed by atoms with Gasteiger partial charge in [-0.1, -0.05) is 38.0 Å². The fourth-order valence-electron chi connectivity index (χ4n) is 3.67. The number of hydrogen-bond donors (Lipinski definition) is 1. The van der Waals surface area contributed by atoms with E-state index >= 15 is 0 Å². The summed E-state index contributed by atoms with van der Waals surface area (Å²) in [5.74, 6) is 0.863. The van der Waals surface area contributed by atoms with Crippen LogP contribution in [0.4, 0.5) is 0 Å². The van der Waals surface area contributed by atoms with Crippen LogP contribution < -0.4 is 5.43 Å². The predicted molar refractivity (Wildman–Crippen MR) is 88.5 cm³/mol. The van der Waals surface area contributed by atoms with E-state index in [-0.39, 0.29) is 17.2 Å². The molecule has 0 saturated heterocycles. The Hall–Kier alpha value is -0.910. The molecule has 0 aromatic heterocycles. The largest absolute Gasteiger partial charge is 0.273 e. The van der Waals surface area contributed by atoms with E-state index in [9.17, 15) is 4.79 Å². The third kappa shape index (κ3) is 2.50. The summed E-state index contributed by atoms with van der Waals surface area (Å²) in [4.78, 5) is 12.2. The predicted octanol–water partition coefficient (Wildman–Crippen LogP) is 3.57. The van der Waals surface area contributed by atoms with E-state index in [0.717, 1.165) is 9.13 Å². The topological polar surface area (TPSA) is 41.5 Å². The maximum atomic E-state index is 12.2. The minimum atomic E-state index is 0.0987. The zero-order chi connectivity index (χ0) is 14.2. The molecule has 2 aliphatic rings. The van der Waals surface area contributed by atoms with Crippen molar-refractivity contribution in [3.05, 3.63) is 33.4 Å². The maximum absolute atomic E-state index is 12.2. The van der Waals surface area contributed by atoms with Crippen molar-refractivity contribution in [3.63, 3.8) is 0 Å². The number of nitrogens with zero attached hydrogens (tertiary/aromatic N) is 1. The molecule has 2 fully saturated rings. The molecule has 3 atom stereocenters. The lowest BCUT2D eigenvalue weighted by molar-refractivity contribution is -0.123. The summed E-state index contributed by atoms with van der Waals surface area (Å²) in [6, 6.07) is 7.99. The van der Waals surface area contributed by atoms with Crippen molar-refractivity contribution in [1.82, 2.24) is 5.43 Å². The molecule has 3 nitrogen and oxygen atoms in total. The number of halogens is 1. The van der Waals surface area contributed by atoms with Crippen molar-refractivity contribution in [1.29, 1.82) is 0 Å². The lowest BCUT2D eigenvalue weighted by Gasteiger charge is -2.15. The molecule has 3 rings (SSSR count). The Bertz CT molecular complexity index is 557. The average Bonchev–Trinajstić information content (AvgIpc) is 3.06. The van der Waals surface area contributed by atoms with Gasteiger partial charge in [0.25, 0.3) is 0 Å². The first-order valence-corrected chi connectivity index (χ1v) is 8.28. The Morgan fingerprint density at radius 2 is 2.25 bits per heavy atom. The number of carbonyl (C=O) groups is 1. The lowest BCUT2D eigenvalue weighted by atomic mass is 9.90. The van der Waals surface area contributed by atoms with Gasteiger partial charge in [0.05, 0.1) is 6.21 Å². The number of amides is 1. The van der Waals surface area contributed by atoms with Gasteiger partial charge in [-0.15, -0.1) is 0 Å². The highest BCUT2D eigenvalue weighted by molar-refractivity contribution is 14.1. The molecular weight excluding hydrogens is 363 g/mol. The third-order valence-electron chi connectivity index (χ3n) is 4.90. The van der Waals surface area contributed by atoms with Crippen molar-refractivity contribution in [2.75, 3.05) is 0 Å². The van der Waals surface area contributed by atoms with Gasteiger partial charge in [0.15, 0.2) is 0 Å². The zero-order valence-electron chi connectivity index (χ0n) is 11.6. The Labute approximate surface area is 133 Å². The van der Waals surface area contributed by atoms with Gasteiger partial charge in [0, 0.05) is 15.1 Å². The van der Waals surface area contributed by atoms with Crippen molar-refractivity contribution in [2.24, 2.45) is 22.4 Å². The highest BCUT2D eigenvalue weighted by Gasteiger charge is 2.64. The molecule has 0 bridgehead atoms. The molecule has 106 valence electrons. The number of hydrogen-bond acceptors (Lipinski definition) is 2. The summed E-state index contributed by atoms with van der Waals surface area (Å²) < 4.78 is 1.13. The Kier molecular flexibility index (Phi) is 3.84. The molecule has 0 radical (unpaired) electrons. The first-order valence-electron chi connectivity index (χ1n) is 7.20. The second kappa shape index (κ2) is 5.47. The van der Waals surface area contributed by atoms with Gasteiger partial charge in [0.2, 0.25) is 5.91 Å². The standard InChI is InChI=1S/C16H19IN2O/c1-16-9-5-4-7-12(16)14(16)15(20)19-18-10-11-6-2-3-8-13(11)17/h2-3,6,8,10,12,14H,4-5,7,9H2,1H3,(H,19,20)/b18-10-/t12-,14-,16+/m1/s1. The molecule has 1 N–H and O–H groups in total. The number of fused-ring (bicyclic) bond motifs is 1. The summed E-state index contributed by atoms with van der Waals surface area (Å²) in [7, 11) is 0. The SMILES string of the molecule is C[C@]12CCCC[C@@H]1[C@@H]2C(=O)N/N=C\c1ccccc1I. The molecule has 1 aromatic rings. The van der Waals surface area contributed by atoms with E-state index in [0.29, 0.717) is 5.92 Å². The second-order valence-electron chi connectivity index (χ2n) is 6.09. The van der Waals surface area contributed by atoms with E-state index in [1.165, 1.54) is 25.7 Å². The number of hydrazone groups is 1. The van der Waals surface area contributed by atoms with Crippen LogP contribution in [-0.2, 0) is 4.79 Å². The molecule has 0 unspecified atom stereocenters. The van der Waals surface area contributed by atoms with E-state index in [1.807, 2.05) is 24.3 Å². The molecule has 1 amide bonds. The fraction of sp³-hybridized carbons (Fsp3) is 0.500. The quantitative estimate of drug-likeness (QED) is 0.485. The summed E-state index contributed by atoms with van der Waals surface area (Å²) in [6.45, 7) is 2.25. The smallest absolute Gasteiger partial charge is 0.244 e. The normalized spacial score (nSPS) is 31.9. The first kappa shape index (κ1) is 14.0. The van der Waals surface area contributed by atoms with Crippen molar-refractivity contribution >= 4 is 34.7 Å². The molecule has 2 saturated carbocycles. The van der Waals surface area contributed by atoms with Gasteiger partial charge in [-0.3, -0.25) is 4.79 Å². The number of benzene rings is 1. The molecule has 2 aliphatic carbocycles. The van der Waals surface area contributed by atoms with Crippen molar-refractivity contribution < 1.29 is 4.79 Å². The summed E-state index contributed by atoms with van der Waals surface area (Å²) >= 11 is 2.27. The Morgan fingerprint density at radius 1 is 1.45 bits per heavy atom. The molecule has 4 heteroatoms. The minimum Gasteiger partial charge on any atom is -0.273 e. The Balaban J connectivity index is 1.60. The summed E-state index contributed by atoms with van der Waals surface area (Å²) in [5.41, 5.74) is 4.01. The summed E-state index contributed by atoms with van der Waals surface area (Å²) in [5, 5.41) is 4.12. The highest BCUT2D eigenvalue weighted by Crippen LogP contribution is 2.66. The van der Waals surface area contributed by atoms with E-state index in [4.69, 9.17) is 0 Å². The summed E-state index contributed by atoms with van der Waals surface area (Å²) in [6.07, 6.45) is 6.66. The van der Waals surface area contributed by atoms with Crippen LogP contribution in [0.25, 0.3) is 0 Å². The van der Waals surface area contributed by atoms with E-state index < -0.39 is 0 Å². The molecular formula is C16H19IN2O. The van der Waals surface area contributed by atoms with Gasteiger partial charge in [-0.2, -0.15) is 5.10 Å². The van der Waals surface area contributed by atoms with Gasteiger partial charge in [-0.25, -0.2) is 5.43 Å². The Morgan fingerprint density at radius 3 is 2.95 bits per heavy atom. The third-order valence-corrected chi connectivity index (χ3v) is 5.88. The minimum absolute atomic E-state index is 0.0987. The van der Waals surface area contributed by atoms with Crippen LogP contribution in [0.3, 0.4) is 0 Å². The van der Waals surface area contributed by atoms with E-state index in [1.54, 1.807) is 6.21 Å². The number of carbonyl (C=O) groups excluding carboxylic acids is 1. The van der Waals surface area contributed by atoms with Crippen LogP contribution in [0.5, 0.6) is 0 Å². The van der Waals surface area contributed by atoms with Gasteiger partial charge >= 0.3 is 0 Å². The average molecular weight is 382 g/mol. The molecule has 0 heterocycles. The lowest BCUT2D eigenvalue weighted by Crippen LogP contribution is -2.22. The van der Waals surface area contributed by atoms with Crippen LogP contribution in [-0.4, -0.2) is 12.1 Å². The van der Waals surface area contributed by atoms with Gasteiger partial charge < -0.3 is 0 Å². The van der Waals surface area contributed by atoms with Gasteiger partial charge in [-0.05, 0) is 52.8 Å². The van der Waals surface area contributed by atoms with Crippen LogP contribution in [0.15, 0.2) is 29.4 Å². The fourth-order valence-corrected chi connectivity index (χ4v) is 4.19. The maximum Gasteiger partial charge on any atom is 0.244 e. The van der Waals surface area contributed by atoms with Crippen LogP contribution in [0.2, 0.25) is 0 Å². The number of nitrogens with one attached hydrogen (secondary N) is 1.